The first-order chi connectivity index (χ1) is 8.53. The highest BCUT2D eigenvalue weighted by Crippen LogP contribution is 2.38. The van der Waals surface area contributed by atoms with Gasteiger partial charge in [0.1, 0.15) is 5.76 Å². The van der Waals surface area contributed by atoms with Gasteiger partial charge in [-0.25, -0.2) is 4.79 Å². The van der Waals surface area contributed by atoms with Gasteiger partial charge in [0.15, 0.2) is 8.32 Å². The highest BCUT2D eigenvalue weighted by Gasteiger charge is 2.38. The number of rotatable bonds is 6. The maximum atomic E-state index is 11.0. The molecular weight excluding hydrogens is 260 g/mol. The van der Waals surface area contributed by atoms with Gasteiger partial charge in [-0.15, -0.1) is 0 Å². The number of hydrogen-bond donors (Lipinski definition) is 1. The van der Waals surface area contributed by atoms with Crippen LogP contribution in [0, 0.1) is 0 Å². The Morgan fingerprint density at radius 2 is 1.89 bits per heavy atom. The standard InChI is InChI=1S/C14H28O4Si/c1-8-12(9-11(15)10-13(16)17-5)18-19(6,7)14(2,3)4/h10,12,15H,8-9H2,1-7H3/b11-10-/t12-/m1/s1. The minimum Gasteiger partial charge on any atom is -0.512 e. The van der Waals surface area contributed by atoms with Crippen molar-refractivity contribution >= 4 is 14.3 Å². The molecule has 0 unspecified atom stereocenters. The van der Waals surface area contributed by atoms with E-state index in [1.54, 1.807) is 0 Å². The number of aliphatic hydroxyl groups excluding tert-OH is 1. The number of carbonyl (C=O) groups excluding carboxylic acids is 1. The molecule has 0 saturated carbocycles. The second-order valence-electron chi connectivity index (χ2n) is 6.27. The third kappa shape index (κ3) is 6.25. The first-order valence-corrected chi connectivity index (χ1v) is 9.59. The highest BCUT2D eigenvalue weighted by molar-refractivity contribution is 6.74. The minimum atomic E-state index is -1.86. The largest absolute Gasteiger partial charge is 0.512 e. The Morgan fingerprint density at radius 1 is 1.37 bits per heavy atom. The molecule has 0 aromatic heterocycles. The number of hydrogen-bond acceptors (Lipinski definition) is 4. The van der Waals surface area contributed by atoms with Gasteiger partial charge in [-0.3, -0.25) is 0 Å². The van der Waals surface area contributed by atoms with E-state index in [4.69, 9.17) is 4.43 Å². The summed E-state index contributed by atoms with van der Waals surface area (Å²) < 4.78 is 10.7. The molecule has 0 fully saturated rings. The summed E-state index contributed by atoms with van der Waals surface area (Å²) in [6.07, 6.45) is 2.18. The van der Waals surface area contributed by atoms with Crippen molar-refractivity contribution in [2.45, 2.75) is 64.8 Å². The molecule has 0 bridgehead atoms. The SMILES string of the molecule is CC[C@H](C/C(O)=C/C(=O)OC)O[Si](C)(C)C(C)(C)C. The molecular formula is C14H28O4Si. The normalized spacial score (nSPS) is 15.2. The van der Waals surface area contributed by atoms with Gasteiger partial charge in [0, 0.05) is 6.42 Å². The second-order valence-corrected chi connectivity index (χ2v) is 11.0. The zero-order chi connectivity index (χ0) is 15.3. The van der Waals surface area contributed by atoms with Gasteiger partial charge in [-0.2, -0.15) is 0 Å². The molecule has 112 valence electrons. The van der Waals surface area contributed by atoms with Crippen LogP contribution in [-0.4, -0.2) is 32.6 Å². The molecule has 0 aliphatic heterocycles. The molecule has 0 rings (SSSR count). The molecule has 5 heteroatoms. The summed E-state index contributed by atoms with van der Waals surface area (Å²) in [4.78, 5) is 11.0. The molecule has 0 spiro atoms. The molecule has 0 heterocycles. The maximum Gasteiger partial charge on any atom is 0.333 e. The van der Waals surface area contributed by atoms with E-state index in [1.807, 2.05) is 6.92 Å². The zero-order valence-electron chi connectivity index (χ0n) is 13.2. The first-order valence-electron chi connectivity index (χ1n) is 6.68. The summed E-state index contributed by atoms with van der Waals surface area (Å²) >= 11 is 0. The van der Waals surface area contributed by atoms with Gasteiger partial charge in [0.2, 0.25) is 0 Å². The van der Waals surface area contributed by atoms with Crippen molar-refractivity contribution in [2.75, 3.05) is 7.11 Å². The van der Waals surface area contributed by atoms with E-state index in [9.17, 15) is 9.90 Å². The summed E-state index contributed by atoms with van der Waals surface area (Å²) in [5, 5.41) is 9.87. The first kappa shape index (κ1) is 18.2. The van der Waals surface area contributed by atoms with Crippen LogP contribution in [0.2, 0.25) is 18.1 Å². The van der Waals surface area contributed by atoms with Crippen LogP contribution in [0.25, 0.3) is 0 Å². The summed E-state index contributed by atoms with van der Waals surface area (Å²) in [5.74, 6) is -0.530. The Labute approximate surface area is 117 Å². The van der Waals surface area contributed by atoms with Crippen LogP contribution in [0.15, 0.2) is 11.8 Å². The molecule has 0 aromatic carbocycles. The lowest BCUT2D eigenvalue weighted by molar-refractivity contribution is -0.135. The van der Waals surface area contributed by atoms with Gasteiger partial charge >= 0.3 is 5.97 Å². The monoisotopic (exact) mass is 288 g/mol. The van der Waals surface area contributed by atoms with Gasteiger partial charge in [-0.1, -0.05) is 27.7 Å². The van der Waals surface area contributed by atoms with E-state index in [2.05, 4.69) is 38.6 Å². The summed E-state index contributed by atoms with van der Waals surface area (Å²) in [5.41, 5.74) is 0. The predicted molar refractivity (Wildman–Crippen MR) is 79.7 cm³/mol. The van der Waals surface area contributed by atoms with Crippen molar-refractivity contribution in [3.8, 4) is 0 Å². The molecule has 1 atom stereocenters. The topological polar surface area (TPSA) is 55.8 Å². The van der Waals surface area contributed by atoms with E-state index >= 15 is 0 Å². The number of aliphatic hydroxyl groups is 1. The van der Waals surface area contributed by atoms with E-state index in [0.29, 0.717) is 6.42 Å². The van der Waals surface area contributed by atoms with Crippen molar-refractivity contribution in [3.63, 3.8) is 0 Å². The zero-order valence-corrected chi connectivity index (χ0v) is 14.2. The molecule has 4 nitrogen and oxygen atoms in total. The molecule has 0 aliphatic carbocycles. The number of methoxy groups -OCH3 is 1. The van der Waals surface area contributed by atoms with Crippen molar-refractivity contribution in [1.82, 2.24) is 0 Å². The Morgan fingerprint density at radius 3 is 2.26 bits per heavy atom. The summed E-state index contributed by atoms with van der Waals surface area (Å²) in [6, 6.07) is 0. The van der Waals surface area contributed by atoms with Crippen LogP contribution in [-0.2, 0) is 14.0 Å². The van der Waals surface area contributed by atoms with Gasteiger partial charge in [-0.05, 0) is 24.6 Å². The van der Waals surface area contributed by atoms with Crippen molar-refractivity contribution < 1.29 is 19.1 Å². The Hall–Kier alpha value is -0.813. The Balaban J connectivity index is 4.70. The van der Waals surface area contributed by atoms with Crippen LogP contribution in [0.4, 0.5) is 0 Å². The minimum absolute atomic E-state index is 0.0115. The lowest BCUT2D eigenvalue weighted by atomic mass is 10.2. The third-order valence-electron chi connectivity index (χ3n) is 3.65. The summed E-state index contributed by atoms with van der Waals surface area (Å²) in [6.45, 7) is 12.9. The fraction of sp³-hybridized carbons (Fsp3) is 0.786. The molecule has 19 heavy (non-hydrogen) atoms. The van der Waals surface area contributed by atoms with Crippen LogP contribution in [0.3, 0.4) is 0 Å². The molecule has 0 amide bonds. The molecule has 0 radical (unpaired) electrons. The van der Waals surface area contributed by atoms with Crippen LogP contribution in [0.1, 0.15) is 40.5 Å². The Kier molecular flexibility index (Phi) is 6.79. The fourth-order valence-corrected chi connectivity index (χ4v) is 2.79. The van der Waals surface area contributed by atoms with Crippen molar-refractivity contribution in [1.29, 1.82) is 0 Å². The van der Waals surface area contributed by atoms with Crippen LogP contribution < -0.4 is 0 Å². The second kappa shape index (κ2) is 7.10. The summed E-state index contributed by atoms with van der Waals surface area (Å²) in [7, 11) is -0.571. The van der Waals surface area contributed by atoms with Gasteiger partial charge in [0.05, 0.1) is 19.3 Å². The van der Waals surface area contributed by atoms with E-state index in [0.717, 1.165) is 12.5 Å². The van der Waals surface area contributed by atoms with Gasteiger partial charge < -0.3 is 14.3 Å². The third-order valence-corrected chi connectivity index (χ3v) is 8.18. The van der Waals surface area contributed by atoms with Crippen LogP contribution >= 0.6 is 0 Å². The fourth-order valence-electron chi connectivity index (χ4n) is 1.35. The molecule has 1 N–H and O–H groups in total. The average molecular weight is 288 g/mol. The lowest BCUT2D eigenvalue weighted by Gasteiger charge is -2.39. The van der Waals surface area contributed by atoms with Crippen molar-refractivity contribution in [3.05, 3.63) is 11.8 Å². The maximum absolute atomic E-state index is 11.0. The number of esters is 1. The smallest absolute Gasteiger partial charge is 0.333 e. The van der Waals surface area contributed by atoms with E-state index in [1.165, 1.54) is 7.11 Å². The van der Waals surface area contributed by atoms with E-state index in [-0.39, 0.29) is 16.9 Å². The predicted octanol–water partition coefficient (Wildman–Crippen LogP) is 3.79. The molecule has 0 aromatic rings. The highest BCUT2D eigenvalue weighted by atomic mass is 28.4. The Bertz CT molecular complexity index is 329. The quantitative estimate of drug-likeness (QED) is 0.350. The average Bonchev–Trinajstić information content (AvgIpc) is 2.25. The van der Waals surface area contributed by atoms with Crippen LogP contribution in [0.5, 0.6) is 0 Å². The molecule has 0 aliphatic rings. The lowest BCUT2D eigenvalue weighted by Crippen LogP contribution is -2.43. The van der Waals surface area contributed by atoms with Gasteiger partial charge in [0.25, 0.3) is 0 Å². The van der Waals surface area contributed by atoms with E-state index < -0.39 is 14.3 Å². The van der Waals surface area contributed by atoms with Crippen molar-refractivity contribution in [2.24, 2.45) is 0 Å². The number of ether oxygens (including phenoxy) is 1. The number of carbonyl (C=O) groups is 1. The molecule has 0 saturated heterocycles.